The Balaban J connectivity index is 1.17. The standard InChI is InChI=1S/C37H32ClN3O5/c1-24-29(23-45-37-17-35(30(21-42)15-34(37)38)44-22-26-6-2-5-25(13-26)18-39)9-4-10-33(24)27-7-3-8-28(14-27)36-16-31(40-46-36)19-41-12-11-32(43)20-41/h2-10,13-17,21,32,43H,11-12,19-20,22-23H2,1H3/t32-/m0/s1. The van der Waals surface area contributed by atoms with Gasteiger partial charge in [-0.1, -0.05) is 65.3 Å². The number of nitrogens with zero attached hydrogens (tertiary/aromatic N) is 3. The number of nitriles is 1. The summed E-state index contributed by atoms with van der Waals surface area (Å²) in [6.07, 6.45) is 1.20. The molecule has 1 atom stereocenters. The van der Waals surface area contributed by atoms with Gasteiger partial charge in [-0.15, -0.1) is 0 Å². The van der Waals surface area contributed by atoms with E-state index in [4.69, 9.17) is 25.6 Å². The predicted octanol–water partition coefficient (Wildman–Crippen LogP) is 7.38. The maximum absolute atomic E-state index is 11.8. The van der Waals surface area contributed by atoms with Crippen molar-refractivity contribution in [2.24, 2.45) is 0 Å². The minimum Gasteiger partial charge on any atom is -0.488 e. The Hall–Kier alpha value is -4.94. The number of aldehydes is 1. The van der Waals surface area contributed by atoms with E-state index in [1.807, 2.05) is 36.4 Å². The number of β-amino-alcohol motifs (C(OH)–C–C–N with tert-alkyl or cyclic N) is 1. The fourth-order valence-corrected chi connectivity index (χ4v) is 5.85. The number of likely N-dealkylation sites (tertiary alicyclic amines) is 1. The molecule has 0 bridgehead atoms. The zero-order valence-electron chi connectivity index (χ0n) is 25.3. The summed E-state index contributed by atoms with van der Waals surface area (Å²) in [5, 5.41) is 23.6. The molecule has 1 aromatic heterocycles. The second-order valence-electron chi connectivity index (χ2n) is 11.4. The van der Waals surface area contributed by atoms with Gasteiger partial charge in [-0.3, -0.25) is 9.69 Å². The molecule has 0 unspecified atom stereocenters. The number of carbonyl (C=O) groups excluding carboxylic acids is 1. The summed E-state index contributed by atoms with van der Waals surface area (Å²) in [5.41, 5.74) is 7.52. The minimum absolute atomic E-state index is 0.176. The summed E-state index contributed by atoms with van der Waals surface area (Å²) in [6, 6.07) is 28.5. The van der Waals surface area contributed by atoms with Gasteiger partial charge in [0.15, 0.2) is 12.0 Å². The third kappa shape index (κ3) is 7.13. The number of aliphatic hydroxyl groups is 1. The summed E-state index contributed by atoms with van der Waals surface area (Å²) in [4.78, 5) is 13.9. The molecule has 5 aromatic rings. The van der Waals surface area contributed by atoms with Crippen molar-refractivity contribution in [3.8, 4) is 40.0 Å². The van der Waals surface area contributed by atoms with Crippen LogP contribution in [0.3, 0.4) is 0 Å². The topological polar surface area (TPSA) is 109 Å². The van der Waals surface area contributed by atoms with Crippen LogP contribution in [0, 0.1) is 18.3 Å². The Morgan fingerprint density at radius 3 is 2.63 bits per heavy atom. The molecule has 1 aliphatic rings. The number of rotatable bonds is 11. The van der Waals surface area contributed by atoms with Crippen molar-refractivity contribution in [2.75, 3.05) is 13.1 Å². The highest BCUT2D eigenvalue weighted by molar-refractivity contribution is 6.32. The molecule has 0 radical (unpaired) electrons. The van der Waals surface area contributed by atoms with Gasteiger partial charge in [0.1, 0.15) is 24.7 Å². The summed E-state index contributed by atoms with van der Waals surface area (Å²) in [5.74, 6) is 1.43. The van der Waals surface area contributed by atoms with Gasteiger partial charge in [0.25, 0.3) is 0 Å². The molecule has 8 nitrogen and oxygen atoms in total. The van der Waals surface area contributed by atoms with E-state index in [0.29, 0.717) is 52.8 Å². The Labute approximate surface area is 272 Å². The number of aromatic nitrogens is 1. The molecule has 1 aliphatic heterocycles. The van der Waals surface area contributed by atoms with E-state index in [1.165, 1.54) is 6.07 Å². The van der Waals surface area contributed by atoms with Crippen LogP contribution in [0.15, 0.2) is 89.5 Å². The van der Waals surface area contributed by atoms with Crippen LogP contribution in [0.4, 0.5) is 0 Å². The van der Waals surface area contributed by atoms with Crippen molar-refractivity contribution in [3.05, 3.63) is 123 Å². The first-order chi connectivity index (χ1) is 22.4. The highest BCUT2D eigenvalue weighted by Gasteiger charge is 2.21. The number of carbonyl (C=O) groups is 1. The lowest BCUT2D eigenvalue weighted by atomic mass is 9.95. The molecule has 0 spiro atoms. The highest BCUT2D eigenvalue weighted by atomic mass is 35.5. The average molecular weight is 634 g/mol. The molecule has 1 saturated heterocycles. The first-order valence-corrected chi connectivity index (χ1v) is 15.4. The van der Waals surface area contributed by atoms with Crippen molar-refractivity contribution in [3.63, 3.8) is 0 Å². The van der Waals surface area contributed by atoms with E-state index < -0.39 is 0 Å². The van der Waals surface area contributed by atoms with Crippen LogP contribution in [0.2, 0.25) is 5.02 Å². The van der Waals surface area contributed by atoms with Crippen molar-refractivity contribution in [2.45, 2.75) is 39.2 Å². The summed E-state index contributed by atoms with van der Waals surface area (Å²) in [7, 11) is 0. The van der Waals surface area contributed by atoms with E-state index in [0.717, 1.165) is 52.0 Å². The van der Waals surface area contributed by atoms with E-state index in [1.54, 1.807) is 24.3 Å². The highest BCUT2D eigenvalue weighted by Crippen LogP contribution is 2.35. The molecular weight excluding hydrogens is 602 g/mol. The Morgan fingerprint density at radius 1 is 1.02 bits per heavy atom. The lowest BCUT2D eigenvalue weighted by Gasteiger charge is -2.16. The van der Waals surface area contributed by atoms with Gasteiger partial charge in [0, 0.05) is 37.3 Å². The van der Waals surface area contributed by atoms with Gasteiger partial charge in [0.2, 0.25) is 0 Å². The van der Waals surface area contributed by atoms with E-state index in [-0.39, 0.29) is 19.3 Å². The number of hydrogen-bond acceptors (Lipinski definition) is 8. The zero-order chi connectivity index (χ0) is 32.0. The maximum Gasteiger partial charge on any atom is 0.167 e. The van der Waals surface area contributed by atoms with Gasteiger partial charge >= 0.3 is 0 Å². The molecule has 0 aliphatic carbocycles. The fourth-order valence-electron chi connectivity index (χ4n) is 5.62. The number of aliphatic hydroxyl groups excluding tert-OH is 1. The van der Waals surface area contributed by atoms with Crippen molar-refractivity contribution < 1.29 is 23.9 Å². The van der Waals surface area contributed by atoms with Crippen molar-refractivity contribution >= 4 is 17.9 Å². The van der Waals surface area contributed by atoms with Crippen molar-refractivity contribution in [1.29, 1.82) is 5.26 Å². The fraction of sp³-hybridized carbons (Fsp3) is 0.216. The van der Waals surface area contributed by atoms with Crippen LogP contribution in [0.1, 0.15) is 44.7 Å². The van der Waals surface area contributed by atoms with Crippen LogP contribution in [0.25, 0.3) is 22.5 Å². The Kier molecular flexibility index (Phi) is 9.46. The van der Waals surface area contributed by atoms with Gasteiger partial charge < -0.3 is 19.1 Å². The molecule has 6 rings (SSSR count). The molecule has 1 fully saturated rings. The third-order valence-electron chi connectivity index (χ3n) is 8.12. The smallest absolute Gasteiger partial charge is 0.167 e. The van der Waals surface area contributed by atoms with Gasteiger partial charge in [-0.2, -0.15) is 5.26 Å². The summed E-state index contributed by atoms with van der Waals surface area (Å²) in [6.45, 7) is 4.63. The molecule has 9 heteroatoms. The second-order valence-corrected chi connectivity index (χ2v) is 11.8. The molecule has 1 N–H and O–H groups in total. The van der Waals surface area contributed by atoms with Gasteiger partial charge in [0.05, 0.1) is 34.0 Å². The maximum atomic E-state index is 11.8. The summed E-state index contributed by atoms with van der Waals surface area (Å²) >= 11 is 6.50. The average Bonchev–Trinajstić information content (AvgIpc) is 3.72. The normalized spacial score (nSPS) is 14.6. The van der Waals surface area contributed by atoms with E-state index >= 15 is 0 Å². The van der Waals surface area contributed by atoms with Crippen LogP contribution in [0.5, 0.6) is 11.5 Å². The second kappa shape index (κ2) is 14.0. The molecule has 0 amide bonds. The lowest BCUT2D eigenvalue weighted by Crippen LogP contribution is -2.21. The van der Waals surface area contributed by atoms with Crippen LogP contribution in [-0.2, 0) is 19.8 Å². The van der Waals surface area contributed by atoms with Crippen LogP contribution in [-0.4, -0.2) is 40.6 Å². The van der Waals surface area contributed by atoms with Crippen LogP contribution >= 0.6 is 11.6 Å². The third-order valence-corrected chi connectivity index (χ3v) is 8.42. The predicted molar refractivity (Wildman–Crippen MR) is 175 cm³/mol. The molecule has 0 saturated carbocycles. The Bertz CT molecular complexity index is 1910. The van der Waals surface area contributed by atoms with E-state index in [9.17, 15) is 15.2 Å². The molecule has 2 heterocycles. The number of hydrogen-bond donors (Lipinski definition) is 1. The first kappa shape index (κ1) is 31.1. The van der Waals surface area contributed by atoms with Gasteiger partial charge in [-0.25, -0.2) is 0 Å². The lowest BCUT2D eigenvalue weighted by molar-refractivity contribution is 0.111. The summed E-state index contributed by atoms with van der Waals surface area (Å²) < 4.78 is 17.8. The molecular formula is C37H32ClN3O5. The van der Waals surface area contributed by atoms with Gasteiger partial charge in [-0.05, 0) is 65.4 Å². The molecule has 232 valence electrons. The zero-order valence-corrected chi connectivity index (χ0v) is 26.0. The van der Waals surface area contributed by atoms with Crippen molar-refractivity contribution in [1.82, 2.24) is 10.1 Å². The quantitative estimate of drug-likeness (QED) is 0.150. The number of ether oxygens (including phenoxy) is 2. The Morgan fingerprint density at radius 2 is 1.83 bits per heavy atom. The monoisotopic (exact) mass is 633 g/mol. The number of benzene rings is 4. The first-order valence-electron chi connectivity index (χ1n) is 15.0. The molecule has 46 heavy (non-hydrogen) atoms. The number of halogens is 1. The largest absolute Gasteiger partial charge is 0.488 e. The molecule has 4 aromatic carbocycles. The van der Waals surface area contributed by atoms with E-state index in [2.05, 4.69) is 41.2 Å². The van der Waals surface area contributed by atoms with Crippen LogP contribution < -0.4 is 9.47 Å². The minimum atomic E-state index is -0.274. The SMILES string of the molecule is Cc1c(COc2cc(OCc3cccc(C#N)c3)c(C=O)cc2Cl)cccc1-c1cccc(-c2cc(CN3CC[C@H](O)C3)no2)c1.